The van der Waals surface area contributed by atoms with Gasteiger partial charge in [-0.3, -0.25) is 9.67 Å². The van der Waals surface area contributed by atoms with Gasteiger partial charge >= 0.3 is 0 Å². The maximum Gasteiger partial charge on any atom is 0.193 e. The zero-order valence-corrected chi connectivity index (χ0v) is 15.8. The first-order valence-corrected chi connectivity index (χ1v) is 9.82. The molecule has 6 nitrogen and oxygen atoms in total. The van der Waals surface area contributed by atoms with Crippen molar-refractivity contribution >= 4 is 5.96 Å². The molecule has 1 aromatic rings. The first kappa shape index (κ1) is 18.2. The average Bonchev–Trinajstić information content (AvgIpc) is 3.04. The molecule has 0 spiro atoms. The molecule has 1 N–H and O–H groups in total. The van der Waals surface area contributed by atoms with Crippen molar-refractivity contribution in [3.8, 4) is 0 Å². The van der Waals surface area contributed by atoms with Gasteiger partial charge in [-0.05, 0) is 18.8 Å². The highest BCUT2D eigenvalue weighted by Crippen LogP contribution is 2.23. The third-order valence-corrected chi connectivity index (χ3v) is 5.45. The van der Waals surface area contributed by atoms with Crippen LogP contribution in [-0.4, -0.2) is 53.9 Å². The van der Waals surface area contributed by atoms with Gasteiger partial charge in [-0.2, -0.15) is 5.10 Å². The largest absolute Gasteiger partial charge is 0.370 e. The van der Waals surface area contributed by atoms with E-state index in [0.717, 1.165) is 43.7 Å². The standard InChI is InChI=1S/C19H33N5O/c1-20-19(21-12-16-8-6-4-3-5-7-9-16)24-10-11-25-18(15-24)17-13-22-23(2)14-17/h13-14,16,18H,3-12,15H2,1-2H3,(H,20,21). The van der Waals surface area contributed by atoms with Gasteiger partial charge in [0.15, 0.2) is 5.96 Å². The van der Waals surface area contributed by atoms with E-state index >= 15 is 0 Å². The highest BCUT2D eigenvalue weighted by Gasteiger charge is 2.25. The third kappa shape index (κ3) is 5.21. The summed E-state index contributed by atoms with van der Waals surface area (Å²) in [5, 5.41) is 7.90. The molecule has 1 aliphatic heterocycles. The van der Waals surface area contributed by atoms with Crippen molar-refractivity contribution in [1.82, 2.24) is 20.0 Å². The van der Waals surface area contributed by atoms with E-state index < -0.39 is 0 Å². The minimum Gasteiger partial charge on any atom is -0.370 e. The minimum absolute atomic E-state index is 0.0717. The van der Waals surface area contributed by atoms with Crippen molar-refractivity contribution in [1.29, 1.82) is 0 Å². The molecule has 2 heterocycles. The molecule has 1 atom stereocenters. The molecular formula is C19H33N5O. The SMILES string of the molecule is CN=C(NCC1CCCCCCC1)N1CCOC(c2cnn(C)c2)C1. The van der Waals surface area contributed by atoms with Gasteiger partial charge in [0.2, 0.25) is 0 Å². The summed E-state index contributed by atoms with van der Waals surface area (Å²) in [5.74, 6) is 1.80. The summed E-state index contributed by atoms with van der Waals surface area (Å²) in [7, 11) is 3.83. The Morgan fingerprint density at radius 2 is 2.04 bits per heavy atom. The Labute approximate surface area is 151 Å². The fourth-order valence-electron chi connectivity index (χ4n) is 3.96. The lowest BCUT2D eigenvalue weighted by Crippen LogP contribution is -2.49. The number of aromatic nitrogens is 2. The third-order valence-electron chi connectivity index (χ3n) is 5.45. The Bertz CT molecular complexity index is 548. The molecule has 1 unspecified atom stereocenters. The fourth-order valence-corrected chi connectivity index (χ4v) is 3.96. The Morgan fingerprint density at radius 3 is 2.72 bits per heavy atom. The highest BCUT2D eigenvalue weighted by molar-refractivity contribution is 5.80. The number of hydrogen-bond acceptors (Lipinski definition) is 3. The van der Waals surface area contributed by atoms with Crippen LogP contribution in [0, 0.1) is 5.92 Å². The molecule has 140 valence electrons. The number of ether oxygens (including phenoxy) is 1. The van der Waals surface area contributed by atoms with Gasteiger partial charge in [0.25, 0.3) is 0 Å². The van der Waals surface area contributed by atoms with Crippen LogP contribution in [0.3, 0.4) is 0 Å². The number of nitrogens with zero attached hydrogens (tertiary/aromatic N) is 4. The van der Waals surface area contributed by atoms with Crippen LogP contribution < -0.4 is 5.32 Å². The van der Waals surface area contributed by atoms with Gasteiger partial charge in [-0.25, -0.2) is 0 Å². The number of guanidine groups is 1. The number of nitrogens with one attached hydrogen (secondary N) is 1. The number of aliphatic imine (C=N–C) groups is 1. The van der Waals surface area contributed by atoms with Crippen LogP contribution in [0.15, 0.2) is 17.4 Å². The summed E-state index contributed by atoms with van der Waals surface area (Å²) in [6, 6.07) is 0. The van der Waals surface area contributed by atoms with Gasteiger partial charge in [0.1, 0.15) is 6.10 Å². The molecule has 0 radical (unpaired) electrons. The van der Waals surface area contributed by atoms with Crippen molar-refractivity contribution in [2.75, 3.05) is 33.3 Å². The van der Waals surface area contributed by atoms with Crippen molar-refractivity contribution < 1.29 is 4.74 Å². The lowest BCUT2D eigenvalue weighted by Gasteiger charge is -2.35. The minimum atomic E-state index is 0.0717. The van der Waals surface area contributed by atoms with Crippen LogP contribution in [0.25, 0.3) is 0 Å². The lowest BCUT2D eigenvalue weighted by atomic mass is 9.91. The Balaban J connectivity index is 1.53. The molecule has 2 fully saturated rings. The zero-order valence-electron chi connectivity index (χ0n) is 15.8. The average molecular weight is 348 g/mol. The Kier molecular flexibility index (Phi) is 6.73. The summed E-state index contributed by atoms with van der Waals surface area (Å²) in [6.45, 7) is 3.49. The van der Waals surface area contributed by atoms with E-state index in [1.54, 1.807) is 0 Å². The first-order chi connectivity index (χ1) is 12.3. The van der Waals surface area contributed by atoms with Gasteiger partial charge in [-0.1, -0.05) is 32.1 Å². The highest BCUT2D eigenvalue weighted by atomic mass is 16.5. The molecule has 1 aliphatic carbocycles. The number of aryl methyl sites for hydroxylation is 1. The molecule has 6 heteroatoms. The lowest BCUT2D eigenvalue weighted by molar-refractivity contribution is -0.00809. The maximum absolute atomic E-state index is 5.95. The summed E-state index contributed by atoms with van der Waals surface area (Å²) >= 11 is 0. The molecule has 3 rings (SSSR count). The number of rotatable bonds is 3. The van der Waals surface area contributed by atoms with E-state index in [2.05, 4.69) is 20.3 Å². The summed E-state index contributed by atoms with van der Waals surface area (Å²) in [5.41, 5.74) is 1.14. The first-order valence-electron chi connectivity index (χ1n) is 9.82. The normalized spacial score (nSPS) is 24.0. The molecule has 1 saturated heterocycles. The van der Waals surface area contributed by atoms with Crippen LogP contribution in [0.5, 0.6) is 0 Å². The van der Waals surface area contributed by atoms with Gasteiger partial charge < -0.3 is 15.0 Å². The fraction of sp³-hybridized carbons (Fsp3) is 0.789. The van der Waals surface area contributed by atoms with Crippen molar-refractivity contribution in [2.24, 2.45) is 18.0 Å². The van der Waals surface area contributed by atoms with E-state index in [1.807, 2.05) is 31.2 Å². The number of morpholine rings is 1. The molecule has 1 saturated carbocycles. The predicted molar refractivity (Wildman–Crippen MR) is 101 cm³/mol. The van der Waals surface area contributed by atoms with E-state index in [9.17, 15) is 0 Å². The van der Waals surface area contributed by atoms with Gasteiger partial charge in [-0.15, -0.1) is 0 Å². The smallest absolute Gasteiger partial charge is 0.193 e. The molecular weight excluding hydrogens is 314 g/mol. The van der Waals surface area contributed by atoms with Gasteiger partial charge in [0.05, 0.1) is 19.3 Å². The quantitative estimate of drug-likeness (QED) is 0.675. The van der Waals surface area contributed by atoms with Crippen LogP contribution in [0.4, 0.5) is 0 Å². The maximum atomic E-state index is 5.95. The van der Waals surface area contributed by atoms with E-state index in [1.165, 1.54) is 44.9 Å². The molecule has 1 aromatic heterocycles. The van der Waals surface area contributed by atoms with E-state index in [0.29, 0.717) is 0 Å². The zero-order chi connectivity index (χ0) is 17.5. The van der Waals surface area contributed by atoms with Crippen LogP contribution in [0.2, 0.25) is 0 Å². The van der Waals surface area contributed by atoms with Crippen LogP contribution in [-0.2, 0) is 11.8 Å². The molecule has 0 aromatic carbocycles. The van der Waals surface area contributed by atoms with Gasteiger partial charge in [0, 0.05) is 38.9 Å². The second kappa shape index (κ2) is 9.22. The monoisotopic (exact) mass is 347 g/mol. The number of hydrogen-bond donors (Lipinski definition) is 1. The van der Waals surface area contributed by atoms with Crippen molar-refractivity contribution in [3.63, 3.8) is 0 Å². The van der Waals surface area contributed by atoms with E-state index in [4.69, 9.17) is 4.74 Å². The van der Waals surface area contributed by atoms with Crippen molar-refractivity contribution in [3.05, 3.63) is 18.0 Å². The second-order valence-corrected chi connectivity index (χ2v) is 7.39. The van der Waals surface area contributed by atoms with Crippen LogP contribution in [0.1, 0.15) is 56.6 Å². The summed E-state index contributed by atoms with van der Waals surface area (Å²) in [4.78, 5) is 6.85. The second-order valence-electron chi connectivity index (χ2n) is 7.39. The Morgan fingerprint density at radius 1 is 1.28 bits per heavy atom. The van der Waals surface area contributed by atoms with Crippen molar-refractivity contribution in [2.45, 2.75) is 51.0 Å². The summed E-state index contributed by atoms with van der Waals surface area (Å²) in [6.07, 6.45) is 13.7. The molecule has 0 bridgehead atoms. The topological polar surface area (TPSA) is 54.7 Å². The predicted octanol–water partition coefficient (Wildman–Crippen LogP) is 2.73. The molecule has 2 aliphatic rings. The van der Waals surface area contributed by atoms with Crippen LogP contribution >= 0.6 is 0 Å². The molecule has 25 heavy (non-hydrogen) atoms. The Hall–Kier alpha value is -1.56. The van der Waals surface area contributed by atoms with E-state index in [-0.39, 0.29) is 6.10 Å². The molecule has 0 amide bonds. The summed E-state index contributed by atoms with van der Waals surface area (Å²) < 4.78 is 7.78.